The molecule has 0 aromatic heterocycles. The molecule has 0 unspecified atom stereocenters. The molecule has 0 saturated carbocycles. The van der Waals surface area contributed by atoms with Crippen LogP contribution in [0.5, 0.6) is 0 Å². The molecule has 0 heterocycles. The molecule has 15 heavy (non-hydrogen) atoms. The predicted octanol–water partition coefficient (Wildman–Crippen LogP) is 1.63. The van der Waals surface area contributed by atoms with Gasteiger partial charge in [0.1, 0.15) is 0 Å². The van der Waals surface area contributed by atoms with E-state index < -0.39 is 0 Å². The second kappa shape index (κ2) is 5.90. The number of rotatable bonds is 3. The quantitative estimate of drug-likeness (QED) is 0.563. The molecule has 0 fully saturated rings. The van der Waals surface area contributed by atoms with Gasteiger partial charge in [-0.15, -0.1) is 0 Å². The van der Waals surface area contributed by atoms with Gasteiger partial charge in [-0.05, 0) is 30.7 Å². The van der Waals surface area contributed by atoms with Gasteiger partial charge in [0, 0.05) is 6.54 Å². The molecule has 1 rings (SSSR count). The summed E-state index contributed by atoms with van der Waals surface area (Å²) >= 11 is 0. The highest BCUT2D eigenvalue weighted by atomic mass is 16.2. The summed E-state index contributed by atoms with van der Waals surface area (Å²) in [6, 6.07) is -0.359. The fourth-order valence-electron chi connectivity index (χ4n) is 1.05. The average Bonchev–Trinajstić information content (AvgIpc) is 2.22. The van der Waals surface area contributed by atoms with Crippen LogP contribution in [0.2, 0.25) is 0 Å². The molecule has 1 aliphatic carbocycles. The van der Waals surface area contributed by atoms with Crippen molar-refractivity contribution in [1.82, 2.24) is 5.32 Å². The number of nitrogens with zero attached hydrogens (tertiary/aromatic N) is 1. The van der Waals surface area contributed by atoms with Crippen LogP contribution in [0.15, 0.2) is 29.3 Å². The van der Waals surface area contributed by atoms with Crippen LogP contribution >= 0.6 is 0 Å². The molecule has 0 saturated heterocycles. The minimum Gasteiger partial charge on any atom is -0.336 e. The first-order valence-electron chi connectivity index (χ1n) is 4.99. The molecule has 1 N–H and O–H groups in total. The average molecular weight is 206 g/mol. The number of hydrogen-bond donors (Lipinski definition) is 1. The van der Waals surface area contributed by atoms with Crippen LogP contribution in [0.1, 0.15) is 19.8 Å². The van der Waals surface area contributed by atoms with Crippen molar-refractivity contribution in [2.45, 2.75) is 19.8 Å². The van der Waals surface area contributed by atoms with Gasteiger partial charge < -0.3 is 5.32 Å². The van der Waals surface area contributed by atoms with E-state index in [2.05, 4.69) is 17.2 Å². The molecular weight excluding hydrogens is 192 g/mol. The molecule has 1 aliphatic rings. The van der Waals surface area contributed by atoms with Crippen molar-refractivity contribution in [3.63, 3.8) is 0 Å². The first-order chi connectivity index (χ1) is 7.22. The molecule has 4 heteroatoms. The van der Waals surface area contributed by atoms with Crippen molar-refractivity contribution >= 4 is 17.5 Å². The van der Waals surface area contributed by atoms with Gasteiger partial charge >= 0.3 is 6.03 Å². The second-order valence-corrected chi connectivity index (χ2v) is 3.19. The van der Waals surface area contributed by atoms with Crippen molar-refractivity contribution in [3.05, 3.63) is 24.3 Å². The Balaban J connectivity index is 2.42. The number of hydrogen-bond acceptors (Lipinski definition) is 2. The fourth-order valence-corrected chi connectivity index (χ4v) is 1.05. The zero-order valence-corrected chi connectivity index (χ0v) is 8.69. The minimum atomic E-state index is -0.359. The van der Waals surface area contributed by atoms with Crippen molar-refractivity contribution in [3.8, 4) is 0 Å². The summed E-state index contributed by atoms with van der Waals surface area (Å²) in [4.78, 5) is 25.8. The Bertz CT molecular complexity index is 322. The van der Waals surface area contributed by atoms with Crippen LogP contribution < -0.4 is 5.32 Å². The standard InChI is InChI=1S/C11H14N2O2/c1-2-3-8-12-11(15)13-9-4-6-10(14)7-5-9/h4-7H,2-3,8H2,1H3,(H,12,15). The number of unbranched alkanes of at least 4 members (excludes halogenated alkanes) is 1. The van der Waals surface area contributed by atoms with Crippen LogP contribution in [0.25, 0.3) is 0 Å². The Morgan fingerprint density at radius 1 is 1.33 bits per heavy atom. The third kappa shape index (κ3) is 4.35. The van der Waals surface area contributed by atoms with Gasteiger partial charge in [-0.3, -0.25) is 4.79 Å². The summed E-state index contributed by atoms with van der Waals surface area (Å²) in [7, 11) is 0. The third-order valence-corrected chi connectivity index (χ3v) is 1.87. The van der Waals surface area contributed by atoms with Gasteiger partial charge in [-0.2, -0.15) is 4.99 Å². The van der Waals surface area contributed by atoms with Crippen LogP contribution in [-0.2, 0) is 4.79 Å². The predicted molar refractivity (Wildman–Crippen MR) is 59.0 cm³/mol. The summed E-state index contributed by atoms with van der Waals surface area (Å²) in [6.45, 7) is 2.69. The highest BCUT2D eigenvalue weighted by Gasteiger charge is 2.02. The number of urea groups is 1. The Morgan fingerprint density at radius 3 is 2.60 bits per heavy atom. The van der Waals surface area contributed by atoms with E-state index in [0.29, 0.717) is 12.3 Å². The van der Waals surface area contributed by atoms with Crippen LogP contribution in [0.3, 0.4) is 0 Å². The van der Waals surface area contributed by atoms with Crippen LogP contribution in [-0.4, -0.2) is 24.1 Å². The maximum absolute atomic E-state index is 11.2. The van der Waals surface area contributed by atoms with E-state index in [1.807, 2.05) is 0 Å². The molecular formula is C11H14N2O2. The molecule has 2 amide bonds. The van der Waals surface area contributed by atoms with Gasteiger partial charge in [0.15, 0.2) is 5.78 Å². The van der Waals surface area contributed by atoms with E-state index in [0.717, 1.165) is 12.8 Å². The van der Waals surface area contributed by atoms with Crippen LogP contribution in [0, 0.1) is 0 Å². The Morgan fingerprint density at radius 2 is 2.00 bits per heavy atom. The summed E-state index contributed by atoms with van der Waals surface area (Å²) in [6.07, 6.45) is 7.81. The number of aliphatic imine (C=N–C) groups is 1. The van der Waals surface area contributed by atoms with Crippen molar-refractivity contribution in [2.24, 2.45) is 4.99 Å². The van der Waals surface area contributed by atoms with E-state index in [9.17, 15) is 9.59 Å². The molecule has 0 aromatic carbocycles. The third-order valence-electron chi connectivity index (χ3n) is 1.87. The Hall–Kier alpha value is -1.71. The monoisotopic (exact) mass is 206 g/mol. The van der Waals surface area contributed by atoms with E-state index in [-0.39, 0.29) is 11.8 Å². The van der Waals surface area contributed by atoms with Crippen LogP contribution in [0.4, 0.5) is 4.79 Å². The van der Waals surface area contributed by atoms with Crippen molar-refractivity contribution in [1.29, 1.82) is 0 Å². The fraction of sp³-hybridized carbons (Fsp3) is 0.364. The number of nitrogens with one attached hydrogen (secondary N) is 1. The summed E-state index contributed by atoms with van der Waals surface area (Å²) in [5, 5.41) is 2.66. The molecule has 0 aromatic rings. The molecule has 0 radical (unpaired) electrons. The molecule has 0 aliphatic heterocycles. The van der Waals surface area contributed by atoms with E-state index >= 15 is 0 Å². The molecule has 0 bridgehead atoms. The van der Waals surface area contributed by atoms with E-state index in [1.165, 1.54) is 24.3 Å². The normalized spacial score (nSPS) is 14.2. The molecule has 0 spiro atoms. The summed E-state index contributed by atoms with van der Waals surface area (Å²) < 4.78 is 0. The Kier molecular flexibility index (Phi) is 4.47. The lowest BCUT2D eigenvalue weighted by Crippen LogP contribution is -2.21. The molecule has 4 nitrogen and oxygen atoms in total. The highest BCUT2D eigenvalue weighted by Crippen LogP contribution is 1.96. The first-order valence-corrected chi connectivity index (χ1v) is 4.99. The van der Waals surface area contributed by atoms with Crippen molar-refractivity contribution < 1.29 is 9.59 Å². The topological polar surface area (TPSA) is 58.5 Å². The maximum atomic E-state index is 11.2. The maximum Gasteiger partial charge on any atom is 0.341 e. The number of ketones is 1. The number of carbonyl (C=O) groups excluding carboxylic acids is 2. The van der Waals surface area contributed by atoms with Gasteiger partial charge in [-0.1, -0.05) is 13.3 Å². The highest BCUT2D eigenvalue weighted by molar-refractivity contribution is 6.18. The van der Waals surface area contributed by atoms with Gasteiger partial charge in [0.2, 0.25) is 0 Å². The number of allylic oxidation sites excluding steroid dienone is 4. The summed E-state index contributed by atoms with van der Waals surface area (Å²) in [5.41, 5.74) is 0.503. The zero-order chi connectivity index (χ0) is 11.1. The Labute approximate surface area is 88.8 Å². The zero-order valence-electron chi connectivity index (χ0n) is 8.69. The lowest BCUT2D eigenvalue weighted by atomic mass is 10.2. The minimum absolute atomic E-state index is 0.0830. The van der Waals surface area contributed by atoms with E-state index in [4.69, 9.17) is 0 Å². The van der Waals surface area contributed by atoms with E-state index in [1.54, 1.807) is 0 Å². The molecule has 0 atom stereocenters. The number of carbonyl (C=O) groups is 2. The lowest BCUT2D eigenvalue weighted by Gasteiger charge is -2.01. The smallest absolute Gasteiger partial charge is 0.336 e. The number of amides is 2. The first kappa shape index (κ1) is 11.4. The largest absolute Gasteiger partial charge is 0.341 e. The van der Waals surface area contributed by atoms with Gasteiger partial charge in [-0.25, -0.2) is 4.79 Å². The van der Waals surface area contributed by atoms with Crippen molar-refractivity contribution in [2.75, 3.05) is 6.54 Å². The molecule has 80 valence electrons. The van der Waals surface area contributed by atoms with Gasteiger partial charge in [0.25, 0.3) is 0 Å². The van der Waals surface area contributed by atoms with Gasteiger partial charge in [0.05, 0.1) is 5.71 Å². The second-order valence-electron chi connectivity index (χ2n) is 3.19. The lowest BCUT2D eigenvalue weighted by molar-refractivity contribution is -0.110. The SMILES string of the molecule is CCCCNC(=O)N=C1C=CC(=O)C=C1. The summed E-state index contributed by atoms with van der Waals surface area (Å²) in [5.74, 6) is -0.0830.